The van der Waals surface area contributed by atoms with E-state index in [0.29, 0.717) is 21.3 Å². The predicted octanol–water partition coefficient (Wildman–Crippen LogP) is 4.01. The van der Waals surface area contributed by atoms with Crippen molar-refractivity contribution < 1.29 is 9.18 Å². The summed E-state index contributed by atoms with van der Waals surface area (Å²) in [4.78, 5) is 17.2. The number of carbonyl (C=O) groups excluding carboxylic acids is 1. The van der Waals surface area contributed by atoms with Gasteiger partial charge in [-0.15, -0.1) is 16.4 Å². The summed E-state index contributed by atoms with van der Waals surface area (Å²) in [6.07, 6.45) is 3.09. The Morgan fingerprint density at radius 2 is 2.05 bits per heavy atom. The molecule has 3 aromatic rings. The molecule has 0 bridgehead atoms. The maximum atomic E-state index is 13.0. The lowest BCUT2D eigenvalue weighted by Gasteiger charge is -1.94. The molecule has 0 N–H and O–H groups in total. The van der Waals surface area contributed by atoms with Gasteiger partial charge in [0.25, 0.3) is 0 Å². The molecule has 0 spiro atoms. The summed E-state index contributed by atoms with van der Waals surface area (Å²) in [7, 11) is 0. The van der Waals surface area contributed by atoms with E-state index >= 15 is 0 Å². The Morgan fingerprint density at radius 3 is 2.73 bits per heavy atom. The highest BCUT2D eigenvalue weighted by molar-refractivity contribution is 7.17. The number of aryl methyl sites for hydroxylation is 1. The van der Waals surface area contributed by atoms with Gasteiger partial charge >= 0.3 is 0 Å². The summed E-state index contributed by atoms with van der Waals surface area (Å²) < 4.78 is 16.7. The molecule has 3 rings (SSSR count). The van der Waals surface area contributed by atoms with Gasteiger partial charge in [0.15, 0.2) is 5.78 Å². The van der Waals surface area contributed by atoms with Crippen molar-refractivity contribution in [1.82, 2.24) is 14.6 Å². The molecule has 0 radical (unpaired) electrons. The van der Waals surface area contributed by atoms with Crippen molar-refractivity contribution in [2.75, 3.05) is 0 Å². The Balaban J connectivity index is 1.85. The second-order valence-corrected chi connectivity index (χ2v) is 6.08. The van der Waals surface area contributed by atoms with E-state index < -0.39 is 0 Å². The molecule has 22 heavy (non-hydrogen) atoms. The third-order valence-corrected chi connectivity index (χ3v) is 4.64. The first-order chi connectivity index (χ1) is 10.6. The van der Waals surface area contributed by atoms with Crippen molar-refractivity contribution in [3.8, 4) is 10.6 Å². The number of rotatable bonds is 4. The fourth-order valence-electron chi connectivity index (χ4n) is 1.82. The highest BCUT2D eigenvalue weighted by Gasteiger charge is 2.14. The molecule has 2 aromatic heterocycles. The highest BCUT2D eigenvalue weighted by Crippen LogP contribution is 2.28. The molecule has 2 heterocycles. The molecule has 0 aliphatic rings. The van der Waals surface area contributed by atoms with Gasteiger partial charge in [0.1, 0.15) is 10.8 Å². The smallest absolute Gasteiger partial charge is 0.197 e. The number of hydrogen-bond donors (Lipinski definition) is 0. The Kier molecular flexibility index (Phi) is 4.17. The normalized spacial score (nSPS) is 11.2. The average Bonchev–Trinajstić information content (AvgIpc) is 3.15. The number of allylic oxidation sites excluding steroid dienone is 1. The van der Waals surface area contributed by atoms with Gasteiger partial charge in [-0.3, -0.25) is 4.79 Å². The highest BCUT2D eigenvalue weighted by atomic mass is 32.1. The lowest BCUT2D eigenvalue weighted by molar-refractivity contribution is 0.105. The number of benzene rings is 1. The number of aromatic nitrogens is 3. The van der Waals surface area contributed by atoms with Gasteiger partial charge in [0, 0.05) is 10.9 Å². The van der Waals surface area contributed by atoms with Crippen LogP contribution in [0.1, 0.15) is 21.1 Å². The van der Waals surface area contributed by atoms with E-state index in [1.165, 1.54) is 41.1 Å². The van der Waals surface area contributed by atoms with E-state index in [-0.39, 0.29) is 11.6 Å². The topological polar surface area (TPSA) is 55.7 Å². The Morgan fingerprint density at radius 1 is 1.27 bits per heavy atom. The molecule has 0 aliphatic heterocycles. The maximum Gasteiger partial charge on any atom is 0.197 e. The van der Waals surface area contributed by atoms with Crippen LogP contribution in [-0.2, 0) is 0 Å². The minimum atomic E-state index is -0.298. The van der Waals surface area contributed by atoms with Crippen LogP contribution >= 0.6 is 22.9 Å². The molecule has 7 heteroatoms. The largest absolute Gasteiger partial charge is 0.288 e. The van der Waals surface area contributed by atoms with Gasteiger partial charge in [-0.25, -0.2) is 9.37 Å². The van der Waals surface area contributed by atoms with E-state index in [4.69, 9.17) is 0 Å². The summed E-state index contributed by atoms with van der Waals surface area (Å²) in [5, 5.41) is 6.30. The first-order valence-electron chi connectivity index (χ1n) is 6.36. The zero-order valence-electron chi connectivity index (χ0n) is 11.5. The molecule has 0 aliphatic carbocycles. The van der Waals surface area contributed by atoms with E-state index in [1.54, 1.807) is 30.5 Å². The Labute approximate surface area is 134 Å². The minimum Gasteiger partial charge on any atom is -0.288 e. The van der Waals surface area contributed by atoms with E-state index in [2.05, 4.69) is 14.6 Å². The van der Waals surface area contributed by atoms with Crippen LogP contribution in [-0.4, -0.2) is 20.4 Å². The standard InChI is InChI=1S/C15H10FN3OS2/c1-9-14(13(20)7-6-12-8-21-19-18-12)22-15(17-9)10-2-4-11(16)5-3-10/h2-8H,1H3/b7-6-. The lowest BCUT2D eigenvalue weighted by Crippen LogP contribution is -1.93. The van der Waals surface area contributed by atoms with E-state index in [1.807, 2.05) is 0 Å². The van der Waals surface area contributed by atoms with Gasteiger partial charge in [0.2, 0.25) is 0 Å². The predicted molar refractivity (Wildman–Crippen MR) is 85.5 cm³/mol. The maximum absolute atomic E-state index is 13.0. The van der Waals surface area contributed by atoms with Gasteiger partial charge in [-0.2, -0.15) is 0 Å². The lowest BCUT2D eigenvalue weighted by atomic mass is 10.2. The van der Waals surface area contributed by atoms with Crippen LogP contribution in [0.25, 0.3) is 16.6 Å². The number of thiazole rings is 1. The van der Waals surface area contributed by atoms with E-state index in [9.17, 15) is 9.18 Å². The van der Waals surface area contributed by atoms with Crippen LogP contribution in [0, 0.1) is 12.7 Å². The summed E-state index contributed by atoms with van der Waals surface area (Å²) in [6.45, 7) is 1.79. The fourth-order valence-corrected chi connectivity index (χ4v) is 3.24. The molecule has 0 unspecified atom stereocenters. The fraction of sp³-hybridized carbons (Fsp3) is 0.0667. The molecule has 0 amide bonds. The summed E-state index contributed by atoms with van der Waals surface area (Å²) >= 11 is 2.52. The van der Waals surface area contributed by atoms with Crippen LogP contribution in [0.3, 0.4) is 0 Å². The van der Waals surface area contributed by atoms with Crippen LogP contribution in [0.5, 0.6) is 0 Å². The van der Waals surface area contributed by atoms with Crippen molar-refractivity contribution in [3.63, 3.8) is 0 Å². The van der Waals surface area contributed by atoms with Crippen molar-refractivity contribution in [2.24, 2.45) is 0 Å². The Hall–Kier alpha value is -2.25. The number of ketones is 1. The van der Waals surface area contributed by atoms with Crippen molar-refractivity contribution in [3.05, 3.63) is 57.8 Å². The second-order valence-electron chi connectivity index (χ2n) is 4.47. The van der Waals surface area contributed by atoms with Crippen molar-refractivity contribution in [2.45, 2.75) is 6.92 Å². The van der Waals surface area contributed by atoms with Gasteiger partial charge in [-0.05, 0) is 54.9 Å². The SMILES string of the molecule is Cc1nc(-c2ccc(F)cc2)sc1C(=O)/C=C\c1csnn1. The van der Waals surface area contributed by atoms with Gasteiger partial charge in [-0.1, -0.05) is 4.49 Å². The van der Waals surface area contributed by atoms with Crippen LogP contribution in [0.2, 0.25) is 0 Å². The van der Waals surface area contributed by atoms with Crippen molar-refractivity contribution >= 4 is 34.7 Å². The molecule has 0 saturated heterocycles. The Bertz CT molecular complexity index is 823. The van der Waals surface area contributed by atoms with Gasteiger partial charge < -0.3 is 0 Å². The first-order valence-corrected chi connectivity index (χ1v) is 8.01. The molecule has 0 atom stereocenters. The monoisotopic (exact) mass is 331 g/mol. The zero-order chi connectivity index (χ0) is 15.5. The molecule has 0 saturated carbocycles. The quantitative estimate of drug-likeness (QED) is 0.535. The second kappa shape index (κ2) is 6.25. The van der Waals surface area contributed by atoms with Crippen LogP contribution in [0.15, 0.2) is 35.7 Å². The summed E-state index contributed by atoms with van der Waals surface area (Å²) in [5.41, 5.74) is 2.11. The molecule has 110 valence electrons. The average molecular weight is 331 g/mol. The molecule has 0 fully saturated rings. The van der Waals surface area contributed by atoms with Gasteiger partial charge in [0.05, 0.1) is 16.3 Å². The summed E-state index contributed by atoms with van der Waals surface area (Å²) in [6, 6.07) is 6.06. The first kappa shape index (κ1) is 14.7. The number of halogens is 1. The zero-order valence-corrected chi connectivity index (χ0v) is 13.1. The van der Waals surface area contributed by atoms with E-state index in [0.717, 1.165) is 5.56 Å². The molecular formula is C15H10FN3OS2. The number of nitrogens with zero attached hydrogens (tertiary/aromatic N) is 3. The third kappa shape index (κ3) is 3.15. The number of carbonyl (C=O) groups is 1. The van der Waals surface area contributed by atoms with Crippen molar-refractivity contribution in [1.29, 1.82) is 0 Å². The van der Waals surface area contributed by atoms with Crippen LogP contribution in [0.4, 0.5) is 4.39 Å². The van der Waals surface area contributed by atoms with Crippen LogP contribution < -0.4 is 0 Å². The molecule has 4 nitrogen and oxygen atoms in total. The number of hydrogen-bond acceptors (Lipinski definition) is 6. The molecular weight excluding hydrogens is 321 g/mol. The summed E-state index contributed by atoms with van der Waals surface area (Å²) in [5.74, 6) is -0.426. The third-order valence-electron chi connectivity index (χ3n) is 2.89. The molecule has 1 aromatic carbocycles. The minimum absolute atomic E-state index is 0.128.